The Kier molecular flexibility index (Phi) is 6.32. The molecule has 0 aromatic heterocycles. The molecule has 162 valence electrons. The number of amides is 2. The molecule has 1 unspecified atom stereocenters. The van der Waals surface area contributed by atoms with Crippen LogP contribution in [0.15, 0.2) is 59.7 Å². The molecule has 0 aliphatic carbocycles. The number of nitrogens with zero attached hydrogens (tertiary/aromatic N) is 4. The monoisotopic (exact) mass is 419 g/mol. The third kappa shape index (κ3) is 4.94. The predicted octanol–water partition coefficient (Wildman–Crippen LogP) is 2.15. The Hall–Kier alpha value is -3.19. The number of carbonyl (C=O) groups excluding carboxylic acids is 2. The van der Waals surface area contributed by atoms with Gasteiger partial charge in [0.25, 0.3) is 5.91 Å². The highest BCUT2D eigenvalue weighted by molar-refractivity contribution is 6.40. The second-order valence-corrected chi connectivity index (χ2v) is 8.26. The number of benzene rings is 2. The molecule has 2 aromatic rings. The van der Waals surface area contributed by atoms with Crippen molar-refractivity contribution in [3.63, 3.8) is 0 Å². The maximum Gasteiger partial charge on any atom is 0.270 e. The zero-order valence-electron chi connectivity index (χ0n) is 17.9. The minimum Gasteiger partial charge on any atom is -0.368 e. The number of primary amides is 1. The van der Waals surface area contributed by atoms with E-state index in [9.17, 15) is 9.59 Å². The van der Waals surface area contributed by atoms with E-state index in [1.54, 1.807) is 5.01 Å². The van der Waals surface area contributed by atoms with E-state index in [1.807, 2.05) is 35.2 Å². The number of hydrazone groups is 1. The van der Waals surface area contributed by atoms with Crippen molar-refractivity contribution < 1.29 is 9.59 Å². The largest absolute Gasteiger partial charge is 0.368 e. The summed E-state index contributed by atoms with van der Waals surface area (Å²) in [5.41, 5.74) is 9.31. The highest BCUT2D eigenvalue weighted by Gasteiger charge is 2.36. The first-order chi connectivity index (χ1) is 15.0. The molecular weight excluding hydrogens is 390 g/mol. The number of aryl methyl sites for hydroxylation is 1. The van der Waals surface area contributed by atoms with Gasteiger partial charge in [0.05, 0.1) is 5.69 Å². The van der Waals surface area contributed by atoms with Crippen LogP contribution in [0.1, 0.15) is 24.0 Å². The van der Waals surface area contributed by atoms with E-state index in [4.69, 9.17) is 5.73 Å². The van der Waals surface area contributed by atoms with E-state index < -0.39 is 11.9 Å². The van der Waals surface area contributed by atoms with Gasteiger partial charge in [-0.25, -0.2) is 0 Å². The Bertz CT molecular complexity index is 958. The summed E-state index contributed by atoms with van der Waals surface area (Å²) >= 11 is 0. The summed E-state index contributed by atoms with van der Waals surface area (Å²) in [6.07, 6.45) is 1.15. The normalized spacial score (nSPS) is 19.8. The van der Waals surface area contributed by atoms with Crippen LogP contribution in [0, 0.1) is 6.92 Å². The number of hydrogen-bond donors (Lipinski definition) is 1. The molecule has 2 heterocycles. The zero-order chi connectivity index (χ0) is 21.8. The quantitative estimate of drug-likeness (QED) is 0.805. The number of rotatable bonds is 5. The van der Waals surface area contributed by atoms with Gasteiger partial charge >= 0.3 is 0 Å². The van der Waals surface area contributed by atoms with Crippen molar-refractivity contribution in [2.75, 3.05) is 31.2 Å². The SMILES string of the molecule is Cc1ccc(CN2CCCN(C(=O)C3=NN(c4ccccc4)C(C(N)=O)C3)CC2)cc1. The molecule has 2 N–H and O–H groups in total. The first kappa shape index (κ1) is 21.1. The third-order valence-corrected chi connectivity index (χ3v) is 5.91. The molecule has 7 heteroatoms. The zero-order valence-corrected chi connectivity index (χ0v) is 17.9. The maximum absolute atomic E-state index is 13.2. The van der Waals surface area contributed by atoms with Crippen LogP contribution in [0.2, 0.25) is 0 Å². The highest BCUT2D eigenvalue weighted by atomic mass is 16.2. The molecule has 4 rings (SSSR count). The van der Waals surface area contributed by atoms with Crippen molar-refractivity contribution in [3.05, 3.63) is 65.7 Å². The molecule has 0 spiro atoms. The second kappa shape index (κ2) is 9.31. The van der Waals surface area contributed by atoms with E-state index in [0.717, 1.165) is 31.7 Å². The van der Waals surface area contributed by atoms with Crippen molar-refractivity contribution in [2.45, 2.75) is 32.4 Å². The second-order valence-electron chi connectivity index (χ2n) is 8.26. The molecule has 0 bridgehead atoms. The summed E-state index contributed by atoms with van der Waals surface area (Å²) in [5, 5.41) is 6.09. The lowest BCUT2D eigenvalue weighted by Gasteiger charge is -2.22. The summed E-state index contributed by atoms with van der Waals surface area (Å²) in [4.78, 5) is 29.4. The first-order valence-electron chi connectivity index (χ1n) is 10.8. The molecule has 1 atom stereocenters. The van der Waals surface area contributed by atoms with E-state index in [-0.39, 0.29) is 12.3 Å². The number of carbonyl (C=O) groups is 2. The fourth-order valence-electron chi connectivity index (χ4n) is 4.15. The van der Waals surface area contributed by atoms with Gasteiger partial charge in [-0.3, -0.25) is 19.5 Å². The molecule has 0 radical (unpaired) electrons. The van der Waals surface area contributed by atoms with Crippen molar-refractivity contribution in [3.8, 4) is 0 Å². The van der Waals surface area contributed by atoms with Crippen LogP contribution in [0.3, 0.4) is 0 Å². The van der Waals surface area contributed by atoms with Crippen molar-refractivity contribution in [2.24, 2.45) is 10.8 Å². The van der Waals surface area contributed by atoms with Gasteiger partial charge in [0.1, 0.15) is 11.8 Å². The van der Waals surface area contributed by atoms with E-state index in [1.165, 1.54) is 11.1 Å². The average molecular weight is 420 g/mol. The predicted molar refractivity (Wildman–Crippen MR) is 122 cm³/mol. The van der Waals surface area contributed by atoms with Gasteiger partial charge in [0.15, 0.2) is 0 Å². The molecule has 1 fully saturated rings. The summed E-state index contributed by atoms with van der Waals surface area (Å²) < 4.78 is 0. The maximum atomic E-state index is 13.2. The number of nitrogens with two attached hydrogens (primary N) is 1. The number of anilines is 1. The van der Waals surface area contributed by atoms with Gasteiger partial charge in [0, 0.05) is 39.1 Å². The van der Waals surface area contributed by atoms with Gasteiger partial charge in [-0.2, -0.15) is 5.10 Å². The highest BCUT2D eigenvalue weighted by Crippen LogP contribution is 2.25. The Balaban J connectivity index is 1.42. The van der Waals surface area contributed by atoms with Gasteiger partial charge in [-0.05, 0) is 31.0 Å². The van der Waals surface area contributed by atoms with E-state index in [0.29, 0.717) is 18.8 Å². The summed E-state index contributed by atoms with van der Waals surface area (Å²) in [5.74, 6) is -0.572. The minimum absolute atomic E-state index is 0.0955. The molecule has 2 aliphatic rings. The van der Waals surface area contributed by atoms with E-state index in [2.05, 4.69) is 41.2 Å². The molecule has 2 aromatic carbocycles. The summed E-state index contributed by atoms with van der Waals surface area (Å²) in [6.45, 7) is 6.07. The van der Waals surface area contributed by atoms with Crippen LogP contribution >= 0.6 is 0 Å². The van der Waals surface area contributed by atoms with Crippen LogP contribution in [-0.2, 0) is 16.1 Å². The fourth-order valence-corrected chi connectivity index (χ4v) is 4.15. The number of para-hydroxylation sites is 1. The van der Waals surface area contributed by atoms with Crippen LogP contribution in [-0.4, -0.2) is 59.5 Å². The smallest absolute Gasteiger partial charge is 0.270 e. The standard InChI is InChI=1S/C24H29N5O2/c1-18-8-10-19(11-9-18)17-27-12-5-13-28(15-14-27)24(31)21-16-22(23(25)30)29(26-21)20-6-3-2-4-7-20/h2-4,6-11,22H,5,12-17H2,1H3,(H2,25,30). The van der Waals surface area contributed by atoms with Gasteiger partial charge in [-0.15, -0.1) is 0 Å². The lowest BCUT2D eigenvalue weighted by molar-refractivity contribution is -0.124. The van der Waals surface area contributed by atoms with Crippen molar-refractivity contribution in [1.82, 2.24) is 9.80 Å². The molecule has 31 heavy (non-hydrogen) atoms. The fraction of sp³-hybridized carbons (Fsp3) is 0.375. The minimum atomic E-state index is -0.633. The van der Waals surface area contributed by atoms with Gasteiger partial charge in [-0.1, -0.05) is 48.0 Å². The first-order valence-corrected chi connectivity index (χ1v) is 10.8. The molecule has 7 nitrogen and oxygen atoms in total. The average Bonchev–Trinajstić information content (AvgIpc) is 3.11. The molecule has 2 amide bonds. The van der Waals surface area contributed by atoms with Crippen LogP contribution < -0.4 is 10.7 Å². The Labute approximate surface area is 183 Å². The number of hydrogen-bond acceptors (Lipinski definition) is 5. The molecule has 0 saturated carbocycles. The lowest BCUT2D eigenvalue weighted by atomic mass is 10.1. The van der Waals surface area contributed by atoms with Crippen LogP contribution in [0.25, 0.3) is 0 Å². The summed E-state index contributed by atoms with van der Waals surface area (Å²) in [6, 6.07) is 17.3. The van der Waals surface area contributed by atoms with Crippen molar-refractivity contribution >= 4 is 23.2 Å². The molecular formula is C24H29N5O2. The Morgan fingerprint density at radius 3 is 2.45 bits per heavy atom. The molecule has 2 aliphatic heterocycles. The van der Waals surface area contributed by atoms with E-state index >= 15 is 0 Å². The van der Waals surface area contributed by atoms with Crippen LogP contribution in [0.5, 0.6) is 0 Å². The molecule has 1 saturated heterocycles. The van der Waals surface area contributed by atoms with Crippen molar-refractivity contribution in [1.29, 1.82) is 0 Å². The topological polar surface area (TPSA) is 82.2 Å². The Morgan fingerprint density at radius 2 is 1.74 bits per heavy atom. The summed E-state index contributed by atoms with van der Waals surface area (Å²) in [7, 11) is 0. The van der Waals surface area contributed by atoms with Gasteiger partial charge in [0.2, 0.25) is 5.91 Å². The Morgan fingerprint density at radius 1 is 1.00 bits per heavy atom. The van der Waals surface area contributed by atoms with Gasteiger partial charge < -0.3 is 10.6 Å². The lowest BCUT2D eigenvalue weighted by Crippen LogP contribution is -2.41. The third-order valence-electron chi connectivity index (χ3n) is 5.91. The van der Waals surface area contributed by atoms with Crippen LogP contribution in [0.4, 0.5) is 5.69 Å².